The van der Waals surface area contributed by atoms with Gasteiger partial charge >= 0.3 is 5.97 Å². The third-order valence-corrected chi connectivity index (χ3v) is 3.12. The van der Waals surface area contributed by atoms with Crippen LogP contribution in [0.4, 0.5) is 10.1 Å². The Labute approximate surface area is 117 Å². The van der Waals surface area contributed by atoms with Crippen LogP contribution in [0.3, 0.4) is 0 Å². The van der Waals surface area contributed by atoms with Crippen LogP contribution in [0.5, 0.6) is 0 Å². The molecule has 0 bridgehead atoms. The van der Waals surface area contributed by atoms with E-state index in [4.69, 9.17) is 0 Å². The zero-order valence-corrected chi connectivity index (χ0v) is 11.1. The monoisotopic (exact) mass is 273 g/mol. The molecular formula is C16H16FNO2. The number of hydrogen-bond donors (Lipinski definition) is 2. The van der Waals surface area contributed by atoms with Crippen molar-refractivity contribution in [2.24, 2.45) is 0 Å². The number of aryl methyl sites for hydroxylation is 1. The van der Waals surface area contributed by atoms with Crippen LogP contribution in [0.2, 0.25) is 0 Å². The fraction of sp³-hybridized carbons (Fsp3) is 0.188. The molecule has 0 aliphatic heterocycles. The predicted molar refractivity (Wildman–Crippen MR) is 76.4 cm³/mol. The number of rotatable bonds is 5. The Hall–Kier alpha value is -2.36. The van der Waals surface area contributed by atoms with E-state index in [-0.39, 0.29) is 12.4 Å². The fourth-order valence-corrected chi connectivity index (χ4v) is 2.02. The normalized spacial score (nSPS) is 11.9. The first-order valence-electron chi connectivity index (χ1n) is 6.35. The van der Waals surface area contributed by atoms with Crippen LogP contribution in [-0.4, -0.2) is 17.6 Å². The van der Waals surface area contributed by atoms with Gasteiger partial charge in [0.05, 0.1) is 11.6 Å². The molecule has 20 heavy (non-hydrogen) atoms. The number of carbonyl (C=O) groups is 1. The molecule has 0 aliphatic carbocycles. The molecular weight excluding hydrogens is 257 g/mol. The van der Waals surface area contributed by atoms with E-state index in [1.165, 1.54) is 6.07 Å². The third-order valence-electron chi connectivity index (χ3n) is 3.12. The lowest BCUT2D eigenvalue weighted by atomic mass is 9.99. The Morgan fingerprint density at radius 2 is 1.95 bits per heavy atom. The molecule has 0 spiro atoms. The summed E-state index contributed by atoms with van der Waals surface area (Å²) < 4.78 is 13.6. The maximum absolute atomic E-state index is 13.6. The third kappa shape index (κ3) is 3.35. The van der Waals surface area contributed by atoms with Gasteiger partial charge < -0.3 is 10.4 Å². The Morgan fingerprint density at radius 1 is 1.25 bits per heavy atom. The average molecular weight is 273 g/mol. The summed E-state index contributed by atoms with van der Waals surface area (Å²) in [7, 11) is 0. The Bertz CT molecular complexity index is 599. The van der Waals surface area contributed by atoms with E-state index in [1.807, 2.05) is 13.0 Å². The van der Waals surface area contributed by atoms with Crippen LogP contribution in [0.1, 0.15) is 17.0 Å². The average Bonchev–Trinajstić information content (AvgIpc) is 2.43. The van der Waals surface area contributed by atoms with Crippen LogP contribution < -0.4 is 5.32 Å². The number of carboxylic acids is 1. The fourth-order valence-electron chi connectivity index (χ4n) is 2.02. The molecule has 0 saturated heterocycles. The molecule has 104 valence electrons. The van der Waals surface area contributed by atoms with Crippen LogP contribution in [0.15, 0.2) is 48.5 Å². The van der Waals surface area contributed by atoms with Crippen LogP contribution in [-0.2, 0) is 4.79 Å². The number of hydrogen-bond acceptors (Lipinski definition) is 2. The lowest BCUT2D eigenvalue weighted by molar-refractivity contribution is -0.138. The summed E-state index contributed by atoms with van der Waals surface area (Å²) in [6.07, 6.45) is 0. The van der Waals surface area contributed by atoms with E-state index < -0.39 is 11.9 Å². The van der Waals surface area contributed by atoms with Crippen molar-refractivity contribution in [2.45, 2.75) is 12.8 Å². The number of halogens is 1. The predicted octanol–water partition coefficient (Wildman–Crippen LogP) is 3.41. The number of benzene rings is 2. The topological polar surface area (TPSA) is 49.3 Å². The minimum Gasteiger partial charge on any atom is -0.481 e. The second-order valence-corrected chi connectivity index (χ2v) is 4.67. The number of aliphatic carboxylic acids is 1. The zero-order valence-electron chi connectivity index (χ0n) is 11.1. The van der Waals surface area contributed by atoms with Gasteiger partial charge in [0.1, 0.15) is 5.82 Å². The maximum atomic E-state index is 13.6. The molecule has 0 aliphatic rings. The maximum Gasteiger partial charge on any atom is 0.312 e. The summed E-state index contributed by atoms with van der Waals surface area (Å²) in [5, 5.41) is 12.2. The first-order chi connectivity index (χ1) is 9.58. The smallest absolute Gasteiger partial charge is 0.312 e. The van der Waals surface area contributed by atoms with Gasteiger partial charge in [0.15, 0.2) is 0 Å². The van der Waals surface area contributed by atoms with Crippen molar-refractivity contribution in [1.29, 1.82) is 0 Å². The van der Waals surface area contributed by atoms with E-state index in [2.05, 4.69) is 5.32 Å². The summed E-state index contributed by atoms with van der Waals surface area (Å²) in [5.41, 5.74) is 1.94. The summed E-state index contributed by atoms with van der Waals surface area (Å²) in [4.78, 5) is 11.3. The molecule has 0 heterocycles. The van der Waals surface area contributed by atoms with Gasteiger partial charge in [-0.2, -0.15) is 0 Å². The van der Waals surface area contributed by atoms with E-state index in [9.17, 15) is 14.3 Å². The van der Waals surface area contributed by atoms with Gasteiger partial charge in [-0.3, -0.25) is 4.79 Å². The van der Waals surface area contributed by atoms with Gasteiger partial charge in [0.2, 0.25) is 0 Å². The van der Waals surface area contributed by atoms with Gasteiger partial charge in [-0.05, 0) is 30.2 Å². The van der Waals surface area contributed by atoms with Crippen LogP contribution in [0, 0.1) is 12.7 Å². The molecule has 2 aromatic carbocycles. The van der Waals surface area contributed by atoms with Gasteiger partial charge in [-0.15, -0.1) is 0 Å². The summed E-state index contributed by atoms with van der Waals surface area (Å²) in [6.45, 7) is 2.00. The van der Waals surface area contributed by atoms with Crippen molar-refractivity contribution in [3.63, 3.8) is 0 Å². The standard InChI is InChI=1S/C16H16FNO2/c1-11-7-8-14(17)15(9-11)18-10-13(16(19)20)12-5-3-2-4-6-12/h2-9,13,18H,10H2,1H3,(H,19,20). The molecule has 0 fully saturated rings. The molecule has 0 aromatic heterocycles. The SMILES string of the molecule is Cc1ccc(F)c(NCC(C(=O)O)c2ccccc2)c1. The number of anilines is 1. The first kappa shape index (κ1) is 14.1. The minimum atomic E-state index is -0.934. The van der Waals surface area contributed by atoms with Gasteiger partial charge in [0, 0.05) is 6.54 Å². The number of carboxylic acid groups (broad SMARTS) is 1. The quantitative estimate of drug-likeness (QED) is 0.877. The lowest BCUT2D eigenvalue weighted by Gasteiger charge is -2.15. The van der Waals surface area contributed by atoms with Gasteiger partial charge in [-0.1, -0.05) is 36.4 Å². The highest BCUT2D eigenvalue weighted by atomic mass is 19.1. The Kier molecular flexibility index (Phi) is 4.35. The highest BCUT2D eigenvalue weighted by molar-refractivity contribution is 5.77. The molecule has 0 radical (unpaired) electrons. The van der Waals surface area contributed by atoms with Crippen molar-refractivity contribution < 1.29 is 14.3 Å². The highest BCUT2D eigenvalue weighted by Crippen LogP contribution is 2.20. The number of nitrogens with one attached hydrogen (secondary N) is 1. The van der Waals surface area contributed by atoms with Crippen molar-refractivity contribution in [2.75, 3.05) is 11.9 Å². The van der Waals surface area contributed by atoms with E-state index in [0.29, 0.717) is 11.3 Å². The molecule has 2 rings (SSSR count). The van der Waals surface area contributed by atoms with Gasteiger partial charge in [0.25, 0.3) is 0 Å². The highest BCUT2D eigenvalue weighted by Gasteiger charge is 2.19. The molecule has 1 unspecified atom stereocenters. The molecule has 0 saturated carbocycles. The summed E-state index contributed by atoms with van der Waals surface area (Å²) in [6, 6.07) is 13.6. The second kappa shape index (κ2) is 6.19. The van der Waals surface area contributed by atoms with Crippen molar-refractivity contribution in [1.82, 2.24) is 0 Å². The van der Waals surface area contributed by atoms with Crippen molar-refractivity contribution in [3.8, 4) is 0 Å². The van der Waals surface area contributed by atoms with Crippen molar-refractivity contribution in [3.05, 3.63) is 65.5 Å². The van der Waals surface area contributed by atoms with Crippen LogP contribution >= 0.6 is 0 Å². The molecule has 2 N–H and O–H groups in total. The molecule has 4 heteroatoms. The van der Waals surface area contributed by atoms with Gasteiger partial charge in [-0.25, -0.2) is 4.39 Å². The van der Waals surface area contributed by atoms with E-state index in [1.54, 1.807) is 36.4 Å². The molecule has 2 aromatic rings. The minimum absolute atomic E-state index is 0.139. The second-order valence-electron chi connectivity index (χ2n) is 4.67. The van der Waals surface area contributed by atoms with E-state index >= 15 is 0 Å². The van der Waals surface area contributed by atoms with E-state index in [0.717, 1.165) is 5.56 Å². The zero-order chi connectivity index (χ0) is 14.5. The molecule has 3 nitrogen and oxygen atoms in total. The largest absolute Gasteiger partial charge is 0.481 e. The first-order valence-corrected chi connectivity index (χ1v) is 6.35. The Morgan fingerprint density at radius 3 is 2.60 bits per heavy atom. The molecule has 0 amide bonds. The Balaban J connectivity index is 2.14. The summed E-state index contributed by atoms with van der Waals surface area (Å²) >= 11 is 0. The molecule has 1 atom stereocenters. The van der Waals surface area contributed by atoms with Crippen LogP contribution in [0.25, 0.3) is 0 Å². The van der Waals surface area contributed by atoms with Crippen molar-refractivity contribution >= 4 is 11.7 Å². The lowest BCUT2D eigenvalue weighted by Crippen LogP contribution is -2.21. The summed E-state index contributed by atoms with van der Waals surface area (Å²) in [5.74, 6) is -2.03.